The quantitative estimate of drug-likeness (QED) is 0.565. The van der Waals surface area contributed by atoms with Crippen molar-refractivity contribution in [2.75, 3.05) is 36.6 Å². The lowest BCUT2D eigenvalue weighted by molar-refractivity contribution is -0.132. The molecule has 0 aliphatic carbocycles. The fourth-order valence-electron chi connectivity index (χ4n) is 3.68. The van der Waals surface area contributed by atoms with Gasteiger partial charge in [0.2, 0.25) is 11.9 Å². The van der Waals surface area contributed by atoms with Crippen molar-refractivity contribution in [2.45, 2.75) is 33.0 Å². The molecule has 2 aliphatic heterocycles. The van der Waals surface area contributed by atoms with E-state index in [9.17, 15) is 4.79 Å². The van der Waals surface area contributed by atoms with E-state index in [1.54, 1.807) is 18.0 Å². The highest BCUT2D eigenvalue weighted by Gasteiger charge is 2.31. The molecule has 1 amide bonds. The van der Waals surface area contributed by atoms with Crippen molar-refractivity contribution in [2.24, 2.45) is 10.8 Å². The molecule has 1 fully saturated rings. The number of hydrazone groups is 1. The first-order chi connectivity index (χ1) is 14.5. The Morgan fingerprint density at radius 1 is 1.30 bits per heavy atom. The van der Waals surface area contributed by atoms with Gasteiger partial charge in [0.05, 0.1) is 44.3 Å². The van der Waals surface area contributed by atoms with E-state index in [-0.39, 0.29) is 5.91 Å². The predicted molar refractivity (Wildman–Crippen MR) is 115 cm³/mol. The van der Waals surface area contributed by atoms with Gasteiger partial charge in [0, 0.05) is 18.7 Å². The van der Waals surface area contributed by atoms with Crippen molar-refractivity contribution in [1.29, 1.82) is 0 Å². The summed E-state index contributed by atoms with van der Waals surface area (Å²) in [6.07, 6.45) is 1.74. The molecule has 2 aliphatic rings. The maximum atomic E-state index is 12.4. The molecule has 4 rings (SSSR count). The Balaban J connectivity index is 1.59. The van der Waals surface area contributed by atoms with Crippen LogP contribution in [0, 0.1) is 6.92 Å². The average molecular weight is 409 g/mol. The average Bonchev–Trinajstić information content (AvgIpc) is 3.17. The maximum absolute atomic E-state index is 12.4. The van der Waals surface area contributed by atoms with Gasteiger partial charge in [-0.1, -0.05) is 29.8 Å². The van der Waals surface area contributed by atoms with Gasteiger partial charge in [0.25, 0.3) is 0 Å². The summed E-state index contributed by atoms with van der Waals surface area (Å²) >= 11 is 0. The molecule has 1 saturated heterocycles. The van der Waals surface area contributed by atoms with Crippen molar-refractivity contribution in [1.82, 2.24) is 14.9 Å². The molecule has 1 aromatic carbocycles. The molecule has 9 nitrogen and oxygen atoms in total. The molecule has 30 heavy (non-hydrogen) atoms. The van der Waals surface area contributed by atoms with Crippen LogP contribution in [0.2, 0.25) is 0 Å². The summed E-state index contributed by atoms with van der Waals surface area (Å²) in [4.78, 5) is 25.7. The Hall–Kier alpha value is -3.04. The van der Waals surface area contributed by atoms with Gasteiger partial charge in [-0.25, -0.2) is 10.4 Å². The van der Waals surface area contributed by atoms with E-state index in [1.165, 1.54) is 5.56 Å². The Morgan fingerprint density at radius 3 is 2.83 bits per heavy atom. The number of morpholine rings is 1. The number of aryl methyl sites for hydroxylation is 1. The van der Waals surface area contributed by atoms with E-state index in [0.717, 1.165) is 35.7 Å². The number of nitrogens with zero attached hydrogens (tertiary/aromatic N) is 5. The molecule has 1 aromatic heterocycles. The monoisotopic (exact) mass is 409 g/mol. The van der Waals surface area contributed by atoms with Gasteiger partial charge in [-0.2, -0.15) is 10.1 Å². The van der Waals surface area contributed by atoms with Crippen LogP contribution in [0.15, 0.2) is 29.4 Å². The number of nitrogens with one attached hydrogen (secondary N) is 1. The van der Waals surface area contributed by atoms with Crippen LogP contribution >= 0.6 is 0 Å². The number of aromatic nitrogens is 2. The summed E-state index contributed by atoms with van der Waals surface area (Å²) < 4.78 is 5.48. The number of benzene rings is 1. The van der Waals surface area contributed by atoms with Crippen LogP contribution in [0.25, 0.3) is 0 Å². The second-order valence-electron chi connectivity index (χ2n) is 7.66. The van der Waals surface area contributed by atoms with Gasteiger partial charge in [0.1, 0.15) is 5.82 Å². The van der Waals surface area contributed by atoms with E-state index >= 15 is 0 Å². The summed E-state index contributed by atoms with van der Waals surface area (Å²) in [6.45, 7) is 7.42. The smallest absolute Gasteiger partial charge is 0.245 e. The molecule has 1 unspecified atom stereocenters. The molecule has 0 bridgehead atoms. The second-order valence-corrected chi connectivity index (χ2v) is 7.66. The zero-order valence-electron chi connectivity index (χ0n) is 17.3. The van der Waals surface area contributed by atoms with Gasteiger partial charge in [0.15, 0.2) is 0 Å². The highest BCUT2D eigenvalue weighted by atomic mass is 16.5. The number of amides is 1. The van der Waals surface area contributed by atoms with Gasteiger partial charge < -0.3 is 20.3 Å². The third kappa shape index (κ3) is 4.42. The minimum Gasteiger partial charge on any atom is -0.378 e. The molecule has 3 heterocycles. The first-order valence-electron chi connectivity index (χ1n) is 10.1. The number of hydrogen-bond donors (Lipinski definition) is 2. The lowest BCUT2D eigenvalue weighted by Crippen LogP contribution is -2.39. The number of carbonyl (C=O) groups is 1. The van der Waals surface area contributed by atoms with Crippen LogP contribution < -0.4 is 16.1 Å². The van der Waals surface area contributed by atoms with Crippen molar-refractivity contribution in [3.05, 3.63) is 46.6 Å². The van der Waals surface area contributed by atoms with Crippen LogP contribution in [0.3, 0.4) is 0 Å². The van der Waals surface area contributed by atoms with Gasteiger partial charge in [-0.05, 0) is 19.4 Å². The molecular weight excluding hydrogens is 382 g/mol. The fourth-order valence-corrected chi connectivity index (χ4v) is 3.68. The molecule has 0 saturated carbocycles. The van der Waals surface area contributed by atoms with Crippen LogP contribution in [0.1, 0.15) is 29.3 Å². The number of nitrogens with two attached hydrogens (primary N) is 1. The van der Waals surface area contributed by atoms with Gasteiger partial charge in [-0.15, -0.1) is 0 Å². The topological polar surface area (TPSA) is 109 Å². The van der Waals surface area contributed by atoms with E-state index < -0.39 is 6.04 Å². The Labute approximate surface area is 175 Å². The SMILES string of the molecule is Cc1cccc(/C=N/Nc2nc3c(c(N4CCOCC4)n2)CN(C(=O)C(C)N)C3)c1. The zero-order valence-corrected chi connectivity index (χ0v) is 17.3. The summed E-state index contributed by atoms with van der Waals surface area (Å²) in [5, 5.41) is 4.30. The van der Waals surface area contributed by atoms with Crippen molar-refractivity contribution in [3.63, 3.8) is 0 Å². The lowest BCUT2D eigenvalue weighted by Gasteiger charge is -2.29. The zero-order chi connectivity index (χ0) is 21.1. The number of ether oxygens (including phenoxy) is 1. The third-order valence-corrected chi connectivity index (χ3v) is 5.19. The van der Waals surface area contributed by atoms with Crippen LogP contribution in [0.5, 0.6) is 0 Å². The molecule has 3 N–H and O–H groups in total. The number of anilines is 2. The van der Waals surface area contributed by atoms with E-state index in [1.807, 2.05) is 31.2 Å². The van der Waals surface area contributed by atoms with Gasteiger partial charge in [-0.3, -0.25) is 4.79 Å². The summed E-state index contributed by atoms with van der Waals surface area (Å²) in [7, 11) is 0. The Kier molecular flexibility index (Phi) is 5.91. The molecule has 0 spiro atoms. The van der Waals surface area contributed by atoms with E-state index in [0.29, 0.717) is 32.3 Å². The van der Waals surface area contributed by atoms with Crippen molar-refractivity contribution < 1.29 is 9.53 Å². The van der Waals surface area contributed by atoms with Crippen molar-refractivity contribution in [3.8, 4) is 0 Å². The van der Waals surface area contributed by atoms with E-state index in [4.69, 9.17) is 15.5 Å². The molecule has 9 heteroatoms. The predicted octanol–water partition coefficient (Wildman–Crippen LogP) is 1.26. The first-order valence-corrected chi connectivity index (χ1v) is 10.1. The second kappa shape index (κ2) is 8.76. The Bertz CT molecular complexity index is 954. The third-order valence-electron chi connectivity index (χ3n) is 5.19. The lowest BCUT2D eigenvalue weighted by atomic mass is 10.2. The van der Waals surface area contributed by atoms with Crippen LogP contribution in [0.4, 0.5) is 11.8 Å². The summed E-state index contributed by atoms with van der Waals surface area (Å²) in [6, 6.07) is 7.51. The first kappa shape index (κ1) is 20.2. The normalized spacial score (nSPS) is 17.3. The standard InChI is InChI=1S/C21H27N7O2/c1-14-4-3-5-16(10-14)11-23-26-21-24-18-13-28(20(29)15(2)22)12-17(18)19(25-21)27-6-8-30-9-7-27/h3-5,10-11,15H,6-9,12-13,22H2,1-2H3,(H,24,25,26)/b23-11+. The maximum Gasteiger partial charge on any atom is 0.245 e. The van der Waals surface area contributed by atoms with Crippen LogP contribution in [-0.2, 0) is 22.6 Å². The molecular formula is C21H27N7O2. The summed E-state index contributed by atoms with van der Waals surface area (Å²) in [5.41, 5.74) is 12.7. The number of fused-ring (bicyclic) bond motifs is 1. The molecule has 2 aromatic rings. The number of hydrogen-bond acceptors (Lipinski definition) is 8. The fraction of sp³-hybridized carbons (Fsp3) is 0.429. The largest absolute Gasteiger partial charge is 0.378 e. The highest BCUT2D eigenvalue weighted by molar-refractivity contribution is 5.82. The van der Waals surface area contributed by atoms with E-state index in [2.05, 4.69) is 20.4 Å². The highest BCUT2D eigenvalue weighted by Crippen LogP contribution is 2.31. The molecule has 158 valence electrons. The number of rotatable bonds is 5. The molecule has 0 radical (unpaired) electrons. The minimum atomic E-state index is -0.546. The number of carbonyl (C=O) groups excluding carboxylic acids is 1. The Morgan fingerprint density at radius 2 is 2.10 bits per heavy atom. The summed E-state index contributed by atoms with van der Waals surface area (Å²) in [5.74, 6) is 1.15. The molecule has 1 atom stereocenters. The van der Waals surface area contributed by atoms with Crippen LogP contribution in [-0.4, -0.2) is 59.3 Å². The minimum absolute atomic E-state index is 0.0899. The van der Waals surface area contributed by atoms with Gasteiger partial charge >= 0.3 is 0 Å². The van der Waals surface area contributed by atoms with Crippen molar-refractivity contribution >= 4 is 23.9 Å².